The molecule has 0 radical (unpaired) electrons. The van der Waals surface area contributed by atoms with E-state index in [2.05, 4.69) is 15.5 Å². The molecule has 8 heteroatoms. The molecular weight excluding hydrogens is 313 g/mol. The lowest BCUT2D eigenvalue weighted by Gasteiger charge is -2.14. The zero-order valence-electron chi connectivity index (χ0n) is 12.3. The SMILES string of the molecule is Cc1nn(C(C)C(=O)NCc2c(Cl)cnn2C)c(C)c1Cl. The maximum atomic E-state index is 12.2. The van der Waals surface area contributed by atoms with Crippen LogP contribution in [0.2, 0.25) is 10.0 Å². The third kappa shape index (κ3) is 3.06. The second-order valence-electron chi connectivity index (χ2n) is 4.89. The van der Waals surface area contributed by atoms with Gasteiger partial charge in [-0.05, 0) is 20.8 Å². The highest BCUT2D eigenvalue weighted by Crippen LogP contribution is 2.22. The average molecular weight is 330 g/mol. The smallest absolute Gasteiger partial charge is 0.244 e. The summed E-state index contributed by atoms with van der Waals surface area (Å²) in [6.45, 7) is 5.73. The van der Waals surface area contributed by atoms with Crippen LogP contribution in [0, 0.1) is 13.8 Å². The first-order valence-corrected chi connectivity index (χ1v) is 7.23. The summed E-state index contributed by atoms with van der Waals surface area (Å²) in [4.78, 5) is 12.2. The number of aryl methyl sites for hydroxylation is 2. The lowest BCUT2D eigenvalue weighted by atomic mass is 10.3. The van der Waals surface area contributed by atoms with Crippen LogP contribution in [0.4, 0.5) is 0 Å². The van der Waals surface area contributed by atoms with E-state index in [1.54, 1.807) is 29.5 Å². The lowest BCUT2D eigenvalue weighted by Crippen LogP contribution is -2.32. The Kier molecular flexibility index (Phi) is 4.58. The number of carbonyl (C=O) groups is 1. The molecule has 0 saturated heterocycles. The fourth-order valence-electron chi connectivity index (χ4n) is 2.08. The number of rotatable bonds is 4. The molecule has 1 atom stereocenters. The molecule has 0 aromatic carbocycles. The number of nitrogens with one attached hydrogen (secondary N) is 1. The summed E-state index contributed by atoms with van der Waals surface area (Å²) in [5.41, 5.74) is 2.24. The summed E-state index contributed by atoms with van der Waals surface area (Å²) in [7, 11) is 1.78. The highest BCUT2D eigenvalue weighted by atomic mass is 35.5. The third-order valence-electron chi connectivity index (χ3n) is 3.42. The summed E-state index contributed by atoms with van der Waals surface area (Å²) in [6.07, 6.45) is 1.55. The first kappa shape index (κ1) is 15.9. The quantitative estimate of drug-likeness (QED) is 0.936. The van der Waals surface area contributed by atoms with Gasteiger partial charge in [-0.15, -0.1) is 0 Å². The monoisotopic (exact) mass is 329 g/mol. The van der Waals surface area contributed by atoms with Crippen LogP contribution in [-0.4, -0.2) is 25.5 Å². The third-order valence-corrected chi connectivity index (χ3v) is 4.29. The van der Waals surface area contributed by atoms with Crippen LogP contribution in [0.5, 0.6) is 0 Å². The van der Waals surface area contributed by atoms with E-state index in [1.807, 2.05) is 13.8 Å². The van der Waals surface area contributed by atoms with Gasteiger partial charge < -0.3 is 5.32 Å². The van der Waals surface area contributed by atoms with Crippen LogP contribution in [0.1, 0.15) is 30.0 Å². The minimum absolute atomic E-state index is 0.158. The van der Waals surface area contributed by atoms with Gasteiger partial charge in [0.25, 0.3) is 0 Å². The van der Waals surface area contributed by atoms with Crippen molar-refractivity contribution < 1.29 is 4.79 Å². The number of hydrogen-bond acceptors (Lipinski definition) is 3. The molecule has 0 aliphatic carbocycles. The van der Waals surface area contributed by atoms with Crippen LogP contribution in [0.15, 0.2) is 6.20 Å². The lowest BCUT2D eigenvalue weighted by molar-refractivity contribution is -0.124. The van der Waals surface area contributed by atoms with Gasteiger partial charge in [0.05, 0.1) is 39.9 Å². The van der Waals surface area contributed by atoms with E-state index in [0.29, 0.717) is 22.3 Å². The Morgan fingerprint density at radius 3 is 2.57 bits per heavy atom. The molecule has 0 aliphatic rings. The Hall–Kier alpha value is -1.53. The van der Waals surface area contributed by atoms with Gasteiger partial charge in [-0.3, -0.25) is 14.2 Å². The van der Waals surface area contributed by atoms with Crippen molar-refractivity contribution >= 4 is 29.1 Å². The fourth-order valence-corrected chi connectivity index (χ4v) is 2.44. The van der Waals surface area contributed by atoms with E-state index in [4.69, 9.17) is 23.2 Å². The van der Waals surface area contributed by atoms with Crippen molar-refractivity contribution in [1.82, 2.24) is 24.9 Å². The molecule has 1 amide bonds. The molecule has 2 aromatic heterocycles. The van der Waals surface area contributed by atoms with Crippen LogP contribution in [-0.2, 0) is 18.4 Å². The largest absolute Gasteiger partial charge is 0.349 e. The van der Waals surface area contributed by atoms with Crippen molar-refractivity contribution in [3.8, 4) is 0 Å². The van der Waals surface area contributed by atoms with E-state index in [1.165, 1.54) is 0 Å². The predicted molar refractivity (Wildman–Crippen MR) is 81.5 cm³/mol. The van der Waals surface area contributed by atoms with E-state index < -0.39 is 6.04 Å². The van der Waals surface area contributed by atoms with Crippen LogP contribution >= 0.6 is 23.2 Å². The van der Waals surface area contributed by atoms with Gasteiger partial charge in [0.15, 0.2) is 0 Å². The van der Waals surface area contributed by atoms with Gasteiger partial charge >= 0.3 is 0 Å². The van der Waals surface area contributed by atoms with Crippen LogP contribution < -0.4 is 5.32 Å². The van der Waals surface area contributed by atoms with Gasteiger partial charge in [0.2, 0.25) is 5.91 Å². The van der Waals surface area contributed by atoms with Crippen molar-refractivity contribution in [1.29, 1.82) is 0 Å². The van der Waals surface area contributed by atoms with Gasteiger partial charge in [-0.2, -0.15) is 10.2 Å². The van der Waals surface area contributed by atoms with Crippen molar-refractivity contribution in [2.75, 3.05) is 0 Å². The summed E-state index contributed by atoms with van der Waals surface area (Å²) < 4.78 is 3.26. The van der Waals surface area contributed by atoms with Gasteiger partial charge in [-0.1, -0.05) is 23.2 Å². The summed E-state index contributed by atoms with van der Waals surface area (Å²) >= 11 is 12.1. The Morgan fingerprint density at radius 1 is 1.43 bits per heavy atom. The van der Waals surface area contributed by atoms with E-state index in [0.717, 1.165) is 11.4 Å². The van der Waals surface area contributed by atoms with E-state index >= 15 is 0 Å². The highest BCUT2D eigenvalue weighted by molar-refractivity contribution is 6.32. The van der Waals surface area contributed by atoms with E-state index in [-0.39, 0.29) is 5.91 Å². The summed E-state index contributed by atoms with van der Waals surface area (Å²) in [5.74, 6) is -0.158. The maximum absolute atomic E-state index is 12.2. The van der Waals surface area contributed by atoms with Crippen molar-refractivity contribution in [2.45, 2.75) is 33.4 Å². The molecule has 1 N–H and O–H groups in total. The van der Waals surface area contributed by atoms with E-state index in [9.17, 15) is 4.79 Å². The normalized spacial score (nSPS) is 12.5. The van der Waals surface area contributed by atoms with Gasteiger partial charge in [0, 0.05) is 7.05 Å². The first-order valence-electron chi connectivity index (χ1n) is 6.48. The number of aromatic nitrogens is 4. The zero-order valence-corrected chi connectivity index (χ0v) is 13.8. The minimum atomic E-state index is -0.455. The molecule has 0 aliphatic heterocycles. The maximum Gasteiger partial charge on any atom is 0.244 e. The Balaban J connectivity index is 2.08. The Morgan fingerprint density at radius 2 is 2.10 bits per heavy atom. The van der Waals surface area contributed by atoms with Crippen molar-refractivity contribution in [2.24, 2.45) is 7.05 Å². The molecule has 0 bridgehead atoms. The standard InChI is InChI=1S/C13H17Cl2N5O/c1-7-12(15)8(2)20(18-7)9(3)13(21)16-6-11-10(14)5-17-19(11)4/h5,9H,6H2,1-4H3,(H,16,21). The second kappa shape index (κ2) is 6.07. The molecule has 6 nitrogen and oxygen atoms in total. The van der Waals surface area contributed by atoms with Crippen LogP contribution in [0.25, 0.3) is 0 Å². The van der Waals surface area contributed by atoms with Crippen LogP contribution in [0.3, 0.4) is 0 Å². The highest BCUT2D eigenvalue weighted by Gasteiger charge is 2.20. The number of hydrogen-bond donors (Lipinski definition) is 1. The molecule has 2 aromatic rings. The van der Waals surface area contributed by atoms with Crippen molar-refractivity contribution in [3.05, 3.63) is 33.3 Å². The molecular formula is C13H17Cl2N5O. The molecule has 1 unspecified atom stereocenters. The predicted octanol–water partition coefficient (Wildman–Crippen LogP) is 2.42. The Bertz CT molecular complexity index is 657. The fraction of sp³-hybridized carbons (Fsp3) is 0.462. The second-order valence-corrected chi connectivity index (χ2v) is 5.67. The molecule has 21 heavy (non-hydrogen) atoms. The average Bonchev–Trinajstić information content (AvgIpc) is 2.90. The number of amides is 1. The number of carbonyl (C=O) groups excluding carboxylic acids is 1. The molecule has 114 valence electrons. The Labute approximate surface area is 133 Å². The number of nitrogens with zero attached hydrogens (tertiary/aromatic N) is 4. The van der Waals surface area contributed by atoms with Gasteiger partial charge in [-0.25, -0.2) is 0 Å². The zero-order chi connectivity index (χ0) is 15.7. The first-order chi connectivity index (χ1) is 9.82. The van der Waals surface area contributed by atoms with Crippen molar-refractivity contribution in [3.63, 3.8) is 0 Å². The molecule has 2 heterocycles. The summed E-state index contributed by atoms with van der Waals surface area (Å²) in [6, 6.07) is -0.455. The molecule has 0 saturated carbocycles. The molecule has 0 spiro atoms. The topological polar surface area (TPSA) is 64.7 Å². The minimum Gasteiger partial charge on any atom is -0.349 e. The molecule has 2 rings (SSSR count). The van der Waals surface area contributed by atoms with Gasteiger partial charge in [0.1, 0.15) is 6.04 Å². The summed E-state index contributed by atoms with van der Waals surface area (Å²) in [5, 5.41) is 12.3. The number of halogens is 2. The molecule has 0 fully saturated rings.